The number of ether oxygens (including phenoxy) is 2. The lowest BCUT2D eigenvalue weighted by molar-refractivity contribution is -0.154. The smallest absolute Gasteiger partial charge is 0.308 e. The molecule has 2 amide bonds. The second kappa shape index (κ2) is 10.9. The molecule has 0 bridgehead atoms. The van der Waals surface area contributed by atoms with Crippen molar-refractivity contribution in [3.05, 3.63) is 35.9 Å². The normalized spacial score (nSPS) is 11.6. The second-order valence-electron chi connectivity index (χ2n) is 5.17. The number of esters is 1. The minimum Gasteiger partial charge on any atom is -0.497 e. The van der Waals surface area contributed by atoms with E-state index in [4.69, 9.17) is 9.47 Å². The predicted octanol–water partition coefficient (Wildman–Crippen LogP) is 1.28. The quantitative estimate of drug-likeness (QED) is 0.518. The molecule has 0 unspecified atom stereocenters. The van der Waals surface area contributed by atoms with Crippen molar-refractivity contribution in [2.45, 2.75) is 26.4 Å². The summed E-state index contributed by atoms with van der Waals surface area (Å²) in [6, 6.07) is 7.23. The zero-order chi connectivity index (χ0) is 18.7. The largest absolute Gasteiger partial charge is 0.497 e. The van der Waals surface area contributed by atoms with E-state index in [0.717, 1.165) is 11.3 Å². The van der Waals surface area contributed by atoms with Gasteiger partial charge in [-0.25, -0.2) is 0 Å². The van der Waals surface area contributed by atoms with Gasteiger partial charge >= 0.3 is 5.97 Å². The van der Waals surface area contributed by atoms with Crippen molar-refractivity contribution in [1.82, 2.24) is 10.6 Å². The van der Waals surface area contributed by atoms with Crippen molar-refractivity contribution in [3.8, 4) is 5.75 Å². The van der Waals surface area contributed by atoms with Crippen molar-refractivity contribution in [3.63, 3.8) is 0 Å². The third-order valence-electron chi connectivity index (χ3n) is 3.20. The van der Waals surface area contributed by atoms with Gasteiger partial charge in [0.1, 0.15) is 5.75 Å². The second-order valence-corrected chi connectivity index (χ2v) is 5.17. The highest BCUT2D eigenvalue weighted by molar-refractivity contribution is 5.92. The molecule has 1 atom stereocenters. The van der Waals surface area contributed by atoms with E-state index in [0.29, 0.717) is 6.54 Å². The molecule has 0 fully saturated rings. The first-order chi connectivity index (χ1) is 12.0. The third kappa shape index (κ3) is 8.01. The summed E-state index contributed by atoms with van der Waals surface area (Å²) in [4.78, 5) is 34.7. The lowest BCUT2D eigenvalue weighted by Gasteiger charge is -2.12. The SMILES string of the molecule is CCNC(=O)[C@H](C)OC(=O)CCNC(=O)/C=C/c1ccc(OC)cc1. The lowest BCUT2D eigenvalue weighted by Crippen LogP contribution is -2.36. The van der Waals surface area contributed by atoms with E-state index in [9.17, 15) is 14.4 Å². The Morgan fingerprint density at radius 2 is 1.84 bits per heavy atom. The molecule has 7 heteroatoms. The first-order valence-corrected chi connectivity index (χ1v) is 8.03. The van der Waals surface area contributed by atoms with Crippen LogP contribution in [-0.2, 0) is 19.1 Å². The molecule has 0 saturated heterocycles. The number of methoxy groups -OCH3 is 1. The Hall–Kier alpha value is -2.83. The van der Waals surface area contributed by atoms with Gasteiger partial charge in [0.2, 0.25) is 5.91 Å². The molecule has 1 rings (SSSR count). The van der Waals surface area contributed by atoms with Crippen LogP contribution < -0.4 is 15.4 Å². The van der Waals surface area contributed by atoms with Crippen LogP contribution in [0.25, 0.3) is 6.08 Å². The van der Waals surface area contributed by atoms with E-state index in [1.807, 2.05) is 12.1 Å². The fourth-order valence-electron chi connectivity index (χ4n) is 1.86. The van der Waals surface area contributed by atoms with E-state index in [1.54, 1.807) is 32.2 Å². The van der Waals surface area contributed by atoms with E-state index >= 15 is 0 Å². The number of amides is 2. The van der Waals surface area contributed by atoms with Crippen molar-refractivity contribution in [2.24, 2.45) is 0 Å². The summed E-state index contributed by atoms with van der Waals surface area (Å²) < 4.78 is 10.0. The molecule has 1 aromatic carbocycles. The monoisotopic (exact) mass is 348 g/mol. The van der Waals surface area contributed by atoms with Gasteiger partial charge in [0.05, 0.1) is 13.5 Å². The summed E-state index contributed by atoms with van der Waals surface area (Å²) in [7, 11) is 1.58. The summed E-state index contributed by atoms with van der Waals surface area (Å²) >= 11 is 0. The Balaban J connectivity index is 2.30. The van der Waals surface area contributed by atoms with Gasteiger partial charge < -0.3 is 20.1 Å². The van der Waals surface area contributed by atoms with E-state index in [1.165, 1.54) is 13.0 Å². The van der Waals surface area contributed by atoms with E-state index < -0.39 is 12.1 Å². The van der Waals surface area contributed by atoms with Crippen molar-refractivity contribution in [1.29, 1.82) is 0 Å². The topological polar surface area (TPSA) is 93.7 Å². The molecule has 7 nitrogen and oxygen atoms in total. The number of carbonyl (C=O) groups is 3. The van der Waals surface area contributed by atoms with Crippen molar-refractivity contribution >= 4 is 23.9 Å². The summed E-state index contributed by atoms with van der Waals surface area (Å²) in [6.45, 7) is 3.88. The fraction of sp³-hybridized carbons (Fsp3) is 0.389. The number of hydrogen-bond acceptors (Lipinski definition) is 5. The first-order valence-electron chi connectivity index (χ1n) is 8.03. The number of hydrogen-bond donors (Lipinski definition) is 2. The van der Waals surface area contributed by atoms with Crippen LogP contribution in [0.4, 0.5) is 0 Å². The van der Waals surface area contributed by atoms with Gasteiger partial charge in [0.25, 0.3) is 5.91 Å². The number of likely N-dealkylation sites (N-methyl/N-ethyl adjacent to an activating group) is 1. The molecule has 0 heterocycles. The zero-order valence-corrected chi connectivity index (χ0v) is 14.7. The van der Waals surface area contributed by atoms with Gasteiger partial charge in [0, 0.05) is 19.2 Å². The molecular weight excluding hydrogens is 324 g/mol. The molecule has 0 aliphatic heterocycles. The standard InChI is InChI=1S/C18H24N2O5/c1-4-19-18(23)13(2)25-17(22)11-12-20-16(21)10-7-14-5-8-15(24-3)9-6-14/h5-10,13H,4,11-12H2,1-3H3,(H,19,23)(H,20,21)/b10-7+/t13-/m0/s1. The Morgan fingerprint density at radius 3 is 2.44 bits per heavy atom. The summed E-state index contributed by atoms with van der Waals surface area (Å²) in [6.07, 6.45) is 2.18. The van der Waals surface area contributed by atoms with E-state index in [-0.39, 0.29) is 24.8 Å². The number of nitrogens with one attached hydrogen (secondary N) is 2. The molecular formula is C18H24N2O5. The predicted molar refractivity (Wildman–Crippen MR) is 93.9 cm³/mol. The van der Waals surface area contributed by atoms with Crippen LogP contribution in [0.3, 0.4) is 0 Å². The van der Waals surface area contributed by atoms with Crippen LogP contribution in [0.1, 0.15) is 25.8 Å². The molecule has 0 saturated carbocycles. The molecule has 25 heavy (non-hydrogen) atoms. The molecule has 0 spiro atoms. The van der Waals surface area contributed by atoms with Crippen LogP contribution in [0, 0.1) is 0 Å². The van der Waals surface area contributed by atoms with Gasteiger partial charge in [-0.2, -0.15) is 0 Å². The Labute approximate surface area is 147 Å². The average molecular weight is 348 g/mol. The summed E-state index contributed by atoms with van der Waals surface area (Å²) in [5.74, 6) is -0.470. The summed E-state index contributed by atoms with van der Waals surface area (Å²) in [5, 5.41) is 5.14. The van der Waals surface area contributed by atoms with Gasteiger partial charge in [-0.3, -0.25) is 14.4 Å². The van der Waals surface area contributed by atoms with Crippen LogP contribution >= 0.6 is 0 Å². The Kier molecular flexibility index (Phi) is 8.78. The van der Waals surface area contributed by atoms with Crippen LogP contribution in [0.2, 0.25) is 0 Å². The Bertz CT molecular complexity index is 610. The first kappa shape index (κ1) is 20.2. The average Bonchev–Trinajstić information content (AvgIpc) is 2.60. The van der Waals surface area contributed by atoms with Crippen molar-refractivity contribution in [2.75, 3.05) is 20.2 Å². The minimum absolute atomic E-state index is 0.00807. The molecule has 0 aliphatic rings. The molecule has 0 radical (unpaired) electrons. The van der Waals surface area contributed by atoms with Crippen LogP contribution in [0.15, 0.2) is 30.3 Å². The zero-order valence-electron chi connectivity index (χ0n) is 14.7. The van der Waals surface area contributed by atoms with Gasteiger partial charge in [0.15, 0.2) is 6.10 Å². The van der Waals surface area contributed by atoms with Gasteiger partial charge in [-0.15, -0.1) is 0 Å². The maximum absolute atomic E-state index is 11.7. The highest BCUT2D eigenvalue weighted by Crippen LogP contribution is 2.12. The number of benzene rings is 1. The van der Waals surface area contributed by atoms with E-state index in [2.05, 4.69) is 10.6 Å². The molecule has 136 valence electrons. The molecule has 1 aromatic rings. The van der Waals surface area contributed by atoms with Gasteiger partial charge in [-0.05, 0) is 37.6 Å². The highest BCUT2D eigenvalue weighted by Gasteiger charge is 2.16. The summed E-state index contributed by atoms with van der Waals surface area (Å²) in [5.41, 5.74) is 0.853. The number of rotatable bonds is 9. The minimum atomic E-state index is -0.849. The van der Waals surface area contributed by atoms with Crippen molar-refractivity contribution < 1.29 is 23.9 Å². The van der Waals surface area contributed by atoms with Crippen LogP contribution in [-0.4, -0.2) is 44.1 Å². The molecule has 0 aromatic heterocycles. The Morgan fingerprint density at radius 1 is 1.16 bits per heavy atom. The molecule has 2 N–H and O–H groups in total. The molecule has 0 aliphatic carbocycles. The highest BCUT2D eigenvalue weighted by atomic mass is 16.5. The van der Waals surface area contributed by atoms with Gasteiger partial charge in [-0.1, -0.05) is 12.1 Å². The number of carbonyl (C=O) groups excluding carboxylic acids is 3. The maximum atomic E-state index is 11.7. The van der Waals surface area contributed by atoms with Crippen LogP contribution in [0.5, 0.6) is 5.75 Å². The fourth-order valence-corrected chi connectivity index (χ4v) is 1.86. The maximum Gasteiger partial charge on any atom is 0.308 e. The lowest BCUT2D eigenvalue weighted by atomic mass is 10.2. The third-order valence-corrected chi connectivity index (χ3v) is 3.20.